The second kappa shape index (κ2) is 5.54. The molecule has 0 heterocycles. The van der Waals surface area contributed by atoms with Crippen LogP contribution in [-0.2, 0) is 14.8 Å². The van der Waals surface area contributed by atoms with Gasteiger partial charge in [-0.2, -0.15) is 0 Å². The lowest BCUT2D eigenvalue weighted by Gasteiger charge is -2.18. The van der Waals surface area contributed by atoms with Crippen molar-refractivity contribution in [2.45, 2.75) is 24.2 Å². The minimum atomic E-state index is -3.84. The Balaban J connectivity index is 2.19. The maximum absolute atomic E-state index is 12.1. The van der Waals surface area contributed by atoms with Crippen LogP contribution in [0.1, 0.15) is 19.3 Å². The van der Waals surface area contributed by atoms with E-state index in [4.69, 9.17) is 5.14 Å². The number of allylic oxidation sites excluding steroid dienone is 2. The molecule has 0 fully saturated rings. The van der Waals surface area contributed by atoms with Crippen LogP contribution in [0.5, 0.6) is 0 Å². The van der Waals surface area contributed by atoms with Crippen LogP contribution in [0.3, 0.4) is 0 Å². The molecule has 1 aromatic rings. The number of sulfonamides is 1. The molecule has 1 amide bonds. The topological polar surface area (TPSA) is 89.3 Å². The van der Waals surface area contributed by atoms with Gasteiger partial charge in [-0.15, -0.1) is 0 Å². The van der Waals surface area contributed by atoms with Crippen molar-refractivity contribution in [3.8, 4) is 0 Å². The molecule has 5 nitrogen and oxygen atoms in total. The highest BCUT2D eigenvalue weighted by molar-refractivity contribution is 7.89. The number of hydrogen-bond acceptors (Lipinski definition) is 3. The van der Waals surface area contributed by atoms with E-state index in [1.807, 2.05) is 12.2 Å². The maximum Gasteiger partial charge on any atom is 0.240 e. The number of rotatable bonds is 3. The highest BCUT2D eigenvalue weighted by Gasteiger charge is 2.21. The van der Waals surface area contributed by atoms with Gasteiger partial charge in [0.1, 0.15) is 4.90 Å². The average Bonchev–Trinajstić information content (AvgIpc) is 2.39. The predicted molar refractivity (Wildman–Crippen MR) is 72.9 cm³/mol. The lowest BCUT2D eigenvalue weighted by molar-refractivity contribution is -0.120. The molecule has 1 aromatic carbocycles. The summed E-state index contributed by atoms with van der Waals surface area (Å²) in [5, 5.41) is 7.78. The molecule has 0 spiro atoms. The molecule has 0 radical (unpaired) electrons. The highest BCUT2D eigenvalue weighted by Crippen LogP contribution is 2.23. The minimum absolute atomic E-state index is 0.0605. The van der Waals surface area contributed by atoms with Gasteiger partial charge >= 0.3 is 0 Å². The van der Waals surface area contributed by atoms with Crippen molar-refractivity contribution in [2.75, 3.05) is 5.32 Å². The van der Waals surface area contributed by atoms with Gasteiger partial charge in [0.25, 0.3) is 0 Å². The van der Waals surface area contributed by atoms with E-state index in [1.54, 1.807) is 12.1 Å². The number of primary sulfonamides is 1. The number of hydrogen-bond donors (Lipinski definition) is 2. The lowest BCUT2D eigenvalue weighted by Crippen LogP contribution is -2.25. The van der Waals surface area contributed by atoms with Crippen LogP contribution in [0.25, 0.3) is 0 Å². The zero-order valence-corrected chi connectivity index (χ0v) is 11.2. The first-order valence-electron chi connectivity index (χ1n) is 6.06. The molecule has 3 N–H and O–H groups in total. The molecule has 0 bridgehead atoms. The zero-order chi connectivity index (χ0) is 13.9. The Morgan fingerprint density at radius 1 is 1.26 bits per heavy atom. The van der Waals surface area contributed by atoms with Crippen LogP contribution >= 0.6 is 0 Å². The molecule has 19 heavy (non-hydrogen) atoms. The van der Waals surface area contributed by atoms with E-state index < -0.39 is 10.0 Å². The molecule has 0 saturated carbocycles. The van der Waals surface area contributed by atoms with Crippen molar-refractivity contribution >= 4 is 21.6 Å². The number of nitrogens with two attached hydrogens (primary N) is 1. The van der Waals surface area contributed by atoms with Gasteiger partial charge in [-0.05, 0) is 31.4 Å². The Morgan fingerprint density at radius 3 is 2.63 bits per heavy atom. The Bertz CT molecular complexity index is 608. The van der Waals surface area contributed by atoms with Crippen molar-refractivity contribution < 1.29 is 13.2 Å². The third-order valence-corrected chi connectivity index (χ3v) is 4.06. The zero-order valence-electron chi connectivity index (χ0n) is 10.4. The second-order valence-corrected chi connectivity index (χ2v) is 6.04. The van der Waals surface area contributed by atoms with E-state index in [-0.39, 0.29) is 22.4 Å². The van der Waals surface area contributed by atoms with Crippen LogP contribution in [0.4, 0.5) is 5.69 Å². The number of benzene rings is 1. The Kier molecular flexibility index (Phi) is 4.01. The second-order valence-electron chi connectivity index (χ2n) is 4.51. The lowest BCUT2D eigenvalue weighted by atomic mass is 9.93. The molecular weight excluding hydrogens is 264 g/mol. The van der Waals surface area contributed by atoms with E-state index in [2.05, 4.69) is 5.32 Å². The maximum atomic E-state index is 12.1. The van der Waals surface area contributed by atoms with Crippen LogP contribution < -0.4 is 10.5 Å². The first kappa shape index (κ1) is 13.8. The molecule has 0 aromatic heterocycles. The average molecular weight is 280 g/mol. The van der Waals surface area contributed by atoms with Gasteiger partial charge in [0.05, 0.1) is 5.69 Å². The van der Waals surface area contributed by atoms with Gasteiger partial charge in [0.2, 0.25) is 15.9 Å². The summed E-state index contributed by atoms with van der Waals surface area (Å²) in [6.45, 7) is 0. The molecular formula is C13H16N2O3S. The summed E-state index contributed by atoms with van der Waals surface area (Å²) in [6.07, 6.45) is 6.35. The van der Waals surface area contributed by atoms with Crippen molar-refractivity contribution in [3.05, 3.63) is 36.4 Å². The quantitative estimate of drug-likeness (QED) is 0.825. The highest BCUT2D eigenvalue weighted by atomic mass is 32.2. The van der Waals surface area contributed by atoms with Crippen molar-refractivity contribution in [3.63, 3.8) is 0 Å². The van der Waals surface area contributed by atoms with E-state index in [1.165, 1.54) is 12.1 Å². The fraction of sp³-hybridized carbons (Fsp3) is 0.308. The van der Waals surface area contributed by atoms with Crippen molar-refractivity contribution in [1.82, 2.24) is 0 Å². The number of amides is 1. The molecule has 0 saturated heterocycles. The smallest absolute Gasteiger partial charge is 0.240 e. The standard InChI is InChI=1S/C13H16N2O3S/c14-19(17,18)12-9-5-4-8-11(12)15-13(16)10-6-2-1-3-7-10/h1-2,4-5,8-10H,3,6-7H2,(H,15,16)(H2,14,17,18). The third kappa shape index (κ3) is 3.42. The molecule has 6 heteroatoms. The predicted octanol–water partition coefficient (Wildman–Crippen LogP) is 1.63. The summed E-state index contributed by atoms with van der Waals surface area (Å²) < 4.78 is 22.9. The van der Waals surface area contributed by atoms with Gasteiger partial charge in [-0.25, -0.2) is 13.6 Å². The summed E-state index contributed by atoms with van der Waals surface area (Å²) >= 11 is 0. The SMILES string of the molecule is NS(=O)(=O)c1ccccc1NC(=O)C1CC=CCC1. The molecule has 1 atom stereocenters. The molecule has 1 unspecified atom stereocenters. The number of carbonyl (C=O) groups excluding carboxylic acids is 1. The van der Waals surface area contributed by atoms with Crippen LogP contribution in [0.15, 0.2) is 41.3 Å². The molecule has 102 valence electrons. The number of anilines is 1. The van der Waals surface area contributed by atoms with Gasteiger partial charge < -0.3 is 5.32 Å². The first-order chi connectivity index (χ1) is 8.98. The summed E-state index contributed by atoms with van der Waals surface area (Å²) in [5.41, 5.74) is 0.240. The van der Waals surface area contributed by atoms with Crippen LogP contribution in [-0.4, -0.2) is 14.3 Å². The van der Waals surface area contributed by atoms with E-state index in [0.717, 1.165) is 12.8 Å². The summed E-state index contributed by atoms with van der Waals surface area (Å²) in [5.74, 6) is -0.279. The van der Waals surface area contributed by atoms with Gasteiger partial charge in [0.15, 0.2) is 0 Å². The van der Waals surface area contributed by atoms with Crippen molar-refractivity contribution in [1.29, 1.82) is 0 Å². The van der Waals surface area contributed by atoms with Gasteiger partial charge in [-0.3, -0.25) is 4.79 Å². The van der Waals surface area contributed by atoms with E-state index >= 15 is 0 Å². The Hall–Kier alpha value is -1.66. The monoisotopic (exact) mass is 280 g/mol. The Labute approximate surface area is 112 Å². The van der Waals surface area contributed by atoms with Gasteiger partial charge in [-0.1, -0.05) is 24.3 Å². The molecule has 0 aliphatic heterocycles. The molecule has 1 aliphatic carbocycles. The van der Waals surface area contributed by atoms with Gasteiger partial charge in [0, 0.05) is 5.92 Å². The third-order valence-electron chi connectivity index (χ3n) is 3.09. The fourth-order valence-corrected chi connectivity index (χ4v) is 2.78. The number of nitrogens with one attached hydrogen (secondary N) is 1. The van der Waals surface area contributed by atoms with E-state index in [0.29, 0.717) is 6.42 Å². The van der Waals surface area contributed by atoms with E-state index in [9.17, 15) is 13.2 Å². The summed E-state index contributed by atoms with van der Waals surface area (Å²) in [6, 6.07) is 6.14. The van der Waals surface area contributed by atoms with Crippen molar-refractivity contribution in [2.24, 2.45) is 11.1 Å². The number of carbonyl (C=O) groups is 1. The first-order valence-corrected chi connectivity index (χ1v) is 7.61. The largest absolute Gasteiger partial charge is 0.325 e. The molecule has 2 rings (SSSR count). The minimum Gasteiger partial charge on any atom is -0.325 e. The van der Waals surface area contributed by atoms with Crippen LogP contribution in [0.2, 0.25) is 0 Å². The fourth-order valence-electron chi connectivity index (χ4n) is 2.08. The summed E-state index contributed by atoms with van der Waals surface area (Å²) in [4.78, 5) is 12.0. The Morgan fingerprint density at radius 2 is 2.00 bits per heavy atom. The normalized spacial score (nSPS) is 19.1. The molecule has 1 aliphatic rings. The van der Waals surface area contributed by atoms with Crippen LogP contribution in [0, 0.1) is 5.92 Å². The summed E-state index contributed by atoms with van der Waals surface area (Å²) in [7, 11) is -3.84. The number of para-hydroxylation sites is 1.